The lowest BCUT2D eigenvalue weighted by Gasteiger charge is -2.11. The molecule has 0 aliphatic heterocycles. The maximum absolute atomic E-state index is 10.0. The van der Waals surface area contributed by atoms with Crippen LogP contribution in [0, 0.1) is 0 Å². The molecule has 0 spiro atoms. The van der Waals surface area contributed by atoms with Crippen LogP contribution in [-0.2, 0) is 0 Å². The highest BCUT2D eigenvalue weighted by Crippen LogP contribution is 2.12. The van der Waals surface area contributed by atoms with Gasteiger partial charge in [0.15, 0.2) is 0 Å². The first kappa shape index (κ1) is 26.9. The van der Waals surface area contributed by atoms with Crippen molar-refractivity contribution in [2.75, 3.05) is 13.1 Å². The van der Waals surface area contributed by atoms with Crippen molar-refractivity contribution in [3.63, 3.8) is 0 Å². The molecule has 0 bridgehead atoms. The van der Waals surface area contributed by atoms with Gasteiger partial charge in [0.25, 0.3) is 0 Å². The Balaban J connectivity index is 3.12. The smallest absolute Gasteiger partial charge is 0.0664 e. The van der Waals surface area contributed by atoms with Crippen LogP contribution in [0.2, 0.25) is 0 Å². The van der Waals surface area contributed by atoms with E-state index in [-0.39, 0.29) is 6.10 Å². The van der Waals surface area contributed by atoms with E-state index in [9.17, 15) is 5.11 Å². The zero-order valence-corrected chi connectivity index (χ0v) is 19.1. The monoisotopic (exact) mass is 383 g/mol. The van der Waals surface area contributed by atoms with Gasteiger partial charge in [-0.2, -0.15) is 0 Å². The van der Waals surface area contributed by atoms with E-state index in [0.717, 1.165) is 19.5 Å². The standard InChI is InChI=1S/C25H53NO/c1-3-5-7-9-11-13-15-17-19-21-23-26-24-25(27)22-20-18-16-14-12-10-8-6-4-2/h25-27H,3-24H2,1-2H3. The lowest BCUT2D eigenvalue weighted by Crippen LogP contribution is -2.27. The van der Waals surface area contributed by atoms with Gasteiger partial charge in [0, 0.05) is 6.54 Å². The van der Waals surface area contributed by atoms with Gasteiger partial charge < -0.3 is 10.4 Å². The van der Waals surface area contributed by atoms with Crippen LogP contribution in [0.3, 0.4) is 0 Å². The summed E-state index contributed by atoms with van der Waals surface area (Å²) < 4.78 is 0. The second-order valence-electron chi connectivity index (χ2n) is 8.66. The SMILES string of the molecule is CCCCCCCCCCCCNCC(O)CCCCCCCCCCC. The van der Waals surface area contributed by atoms with E-state index in [0.29, 0.717) is 0 Å². The molecule has 0 saturated heterocycles. The fourth-order valence-electron chi connectivity index (χ4n) is 3.80. The highest BCUT2D eigenvalue weighted by molar-refractivity contribution is 4.60. The highest BCUT2D eigenvalue weighted by atomic mass is 16.3. The quantitative estimate of drug-likeness (QED) is 0.177. The highest BCUT2D eigenvalue weighted by Gasteiger charge is 2.03. The Hall–Kier alpha value is -0.0800. The predicted octanol–water partition coefficient (Wildman–Crippen LogP) is 7.78. The van der Waals surface area contributed by atoms with Crippen LogP contribution in [0.1, 0.15) is 142 Å². The van der Waals surface area contributed by atoms with Gasteiger partial charge in [0.05, 0.1) is 6.10 Å². The van der Waals surface area contributed by atoms with Gasteiger partial charge in [-0.3, -0.25) is 0 Å². The van der Waals surface area contributed by atoms with Gasteiger partial charge in [-0.15, -0.1) is 0 Å². The summed E-state index contributed by atoms with van der Waals surface area (Å²) in [6.07, 6.45) is 26.9. The average molecular weight is 384 g/mol. The first-order chi connectivity index (χ1) is 13.3. The van der Waals surface area contributed by atoms with Crippen LogP contribution >= 0.6 is 0 Å². The van der Waals surface area contributed by atoms with Crippen molar-refractivity contribution in [1.82, 2.24) is 5.32 Å². The molecular formula is C25H53NO. The third-order valence-corrected chi connectivity index (χ3v) is 5.73. The first-order valence-corrected chi connectivity index (χ1v) is 12.7. The lowest BCUT2D eigenvalue weighted by atomic mass is 10.0. The van der Waals surface area contributed by atoms with Gasteiger partial charge in [0.2, 0.25) is 0 Å². The van der Waals surface area contributed by atoms with Gasteiger partial charge >= 0.3 is 0 Å². The Morgan fingerprint density at radius 1 is 0.519 bits per heavy atom. The third-order valence-electron chi connectivity index (χ3n) is 5.73. The molecule has 164 valence electrons. The molecule has 0 fully saturated rings. The van der Waals surface area contributed by atoms with Crippen LogP contribution in [0.5, 0.6) is 0 Å². The van der Waals surface area contributed by atoms with E-state index in [1.165, 1.54) is 122 Å². The zero-order valence-electron chi connectivity index (χ0n) is 19.1. The number of aliphatic hydroxyl groups is 1. The van der Waals surface area contributed by atoms with Gasteiger partial charge in [-0.25, -0.2) is 0 Å². The summed E-state index contributed by atoms with van der Waals surface area (Å²) in [6, 6.07) is 0. The predicted molar refractivity (Wildman–Crippen MR) is 123 cm³/mol. The summed E-state index contributed by atoms with van der Waals surface area (Å²) in [5, 5.41) is 13.5. The molecule has 0 aliphatic carbocycles. The normalized spacial score (nSPS) is 12.6. The van der Waals surface area contributed by atoms with Crippen molar-refractivity contribution in [3.05, 3.63) is 0 Å². The minimum atomic E-state index is -0.141. The van der Waals surface area contributed by atoms with E-state index < -0.39 is 0 Å². The summed E-state index contributed by atoms with van der Waals surface area (Å²) in [5.41, 5.74) is 0. The fourth-order valence-corrected chi connectivity index (χ4v) is 3.80. The lowest BCUT2D eigenvalue weighted by molar-refractivity contribution is 0.158. The van der Waals surface area contributed by atoms with Crippen LogP contribution in [0.15, 0.2) is 0 Å². The first-order valence-electron chi connectivity index (χ1n) is 12.7. The number of aliphatic hydroxyl groups excluding tert-OH is 1. The average Bonchev–Trinajstić information content (AvgIpc) is 2.67. The van der Waals surface area contributed by atoms with Crippen molar-refractivity contribution in [3.8, 4) is 0 Å². The zero-order chi connectivity index (χ0) is 19.8. The number of rotatable bonds is 23. The van der Waals surface area contributed by atoms with E-state index in [4.69, 9.17) is 0 Å². The molecule has 0 saturated carbocycles. The largest absolute Gasteiger partial charge is 0.392 e. The minimum absolute atomic E-state index is 0.141. The fraction of sp³-hybridized carbons (Fsp3) is 1.00. The van der Waals surface area contributed by atoms with Crippen molar-refractivity contribution in [2.24, 2.45) is 0 Å². The molecular weight excluding hydrogens is 330 g/mol. The second-order valence-corrected chi connectivity index (χ2v) is 8.66. The number of hydrogen-bond acceptors (Lipinski definition) is 2. The molecule has 2 N–H and O–H groups in total. The summed E-state index contributed by atoms with van der Waals surface area (Å²) in [5.74, 6) is 0. The molecule has 27 heavy (non-hydrogen) atoms. The molecule has 0 aromatic heterocycles. The maximum atomic E-state index is 10.0. The summed E-state index contributed by atoms with van der Waals surface area (Å²) in [4.78, 5) is 0. The van der Waals surface area contributed by atoms with Crippen molar-refractivity contribution >= 4 is 0 Å². The van der Waals surface area contributed by atoms with E-state index in [1.54, 1.807) is 0 Å². The minimum Gasteiger partial charge on any atom is -0.392 e. The molecule has 1 unspecified atom stereocenters. The summed E-state index contributed by atoms with van der Waals surface area (Å²) in [6.45, 7) is 6.42. The maximum Gasteiger partial charge on any atom is 0.0664 e. The molecule has 0 aromatic carbocycles. The third kappa shape index (κ3) is 23.9. The van der Waals surface area contributed by atoms with Crippen molar-refractivity contribution < 1.29 is 5.11 Å². The summed E-state index contributed by atoms with van der Waals surface area (Å²) in [7, 11) is 0. The Morgan fingerprint density at radius 3 is 1.33 bits per heavy atom. The van der Waals surface area contributed by atoms with E-state index in [2.05, 4.69) is 19.2 Å². The van der Waals surface area contributed by atoms with Crippen LogP contribution in [0.4, 0.5) is 0 Å². The van der Waals surface area contributed by atoms with Crippen LogP contribution < -0.4 is 5.32 Å². The number of nitrogens with one attached hydrogen (secondary N) is 1. The second kappa shape index (κ2) is 24.0. The molecule has 0 heterocycles. The van der Waals surface area contributed by atoms with E-state index >= 15 is 0 Å². The van der Waals surface area contributed by atoms with Gasteiger partial charge in [-0.05, 0) is 19.4 Å². The molecule has 1 atom stereocenters. The van der Waals surface area contributed by atoms with Crippen LogP contribution in [0.25, 0.3) is 0 Å². The van der Waals surface area contributed by atoms with Crippen molar-refractivity contribution in [2.45, 2.75) is 148 Å². The molecule has 2 heteroatoms. The molecule has 0 amide bonds. The summed E-state index contributed by atoms with van der Waals surface area (Å²) >= 11 is 0. The van der Waals surface area contributed by atoms with Gasteiger partial charge in [-0.1, -0.05) is 129 Å². The molecule has 0 aromatic rings. The molecule has 0 rings (SSSR count). The van der Waals surface area contributed by atoms with E-state index in [1.807, 2.05) is 0 Å². The Kier molecular flexibility index (Phi) is 23.9. The molecule has 0 aliphatic rings. The van der Waals surface area contributed by atoms with Crippen LogP contribution in [-0.4, -0.2) is 24.3 Å². The Labute approximate surface area is 172 Å². The Morgan fingerprint density at radius 2 is 0.889 bits per heavy atom. The molecule has 2 nitrogen and oxygen atoms in total. The Bertz CT molecular complexity index is 257. The molecule has 0 radical (unpaired) electrons. The van der Waals surface area contributed by atoms with Gasteiger partial charge in [0.1, 0.15) is 0 Å². The van der Waals surface area contributed by atoms with Crippen molar-refractivity contribution in [1.29, 1.82) is 0 Å². The topological polar surface area (TPSA) is 32.3 Å². The number of hydrogen-bond donors (Lipinski definition) is 2. The number of unbranched alkanes of at least 4 members (excludes halogenated alkanes) is 17.